The van der Waals surface area contributed by atoms with Crippen molar-refractivity contribution in [3.63, 3.8) is 0 Å². The van der Waals surface area contributed by atoms with Gasteiger partial charge in [0.15, 0.2) is 24.8 Å². The van der Waals surface area contributed by atoms with Gasteiger partial charge in [-0.3, -0.25) is 0 Å². The molecule has 4 aromatic rings. The first-order valence-corrected chi connectivity index (χ1v) is 14.1. The van der Waals surface area contributed by atoms with Gasteiger partial charge in [-0.15, -0.1) is 0 Å². The summed E-state index contributed by atoms with van der Waals surface area (Å²) in [6, 6.07) is 24.2. The lowest BCUT2D eigenvalue weighted by molar-refractivity contribution is -0.378. The lowest BCUT2D eigenvalue weighted by Crippen LogP contribution is -3.00. The minimum Gasteiger partial charge on any atom is -1.00 e. The maximum atomic E-state index is 9.05. The van der Waals surface area contributed by atoms with Crippen molar-refractivity contribution in [3.05, 3.63) is 120 Å². The Morgan fingerprint density at radius 2 is 0.659 bits per heavy atom. The zero-order chi connectivity index (χ0) is 29.8. The van der Waals surface area contributed by atoms with E-state index in [2.05, 4.69) is 34.3 Å². The third-order valence-electron chi connectivity index (χ3n) is 6.42. The van der Waals surface area contributed by atoms with Crippen molar-refractivity contribution in [2.45, 2.75) is 0 Å². The van der Waals surface area contributed by atoms with Gasteiger partial charge < -0.3 is 55.0 Å². The number of halogens is 2. The molecule has 0 fully saturated rings. The number of aliphatic hydroxyl groups is 4. The molecule has 0 radical (unpaired) electrons. The van der Waals surface area contributed by atoms with E-state index in [1.165, 1.54) is 0 Å². The fraction of sp³-hybridized carbons (Fsp3) is 0.235. The molecular weight excluding hydrogens is 599 g/mol. The van der Waals surface area contributed by atoms with Gasteiger partial charge in [0.05, 0.1) is 26.4 Å². The van der Waals surface area contributed by atoms with Crippen LogP contribution in [0, 0.1) is 0 Å². The van der Waals surface area contributed by atoms with Gasteiger partial charge in [0.1, 0.15) is 0 Å². The Hall–Kier alpha value is -3.76. The second-order valence-corrected chi connectivity index (χ2v) is 9.38. The van der Waals surface area contributed by atoms with E-state index < -0.39 is 0 Å². The monoisotopic (exact) mass is 640 g/mol. The minimum absolute atomic E-state index is 0. The summed E-state index contributed by atoms with van der Waals surface area (Å²) in [6.07, 6.45) is 15.8. The van der Waals surface area contributed by atoms with Crippen molar-refractivity contribution in [3.8, 4) is 0 Å². The standard InChI is InChI=1S/2C17H20N2O2.2ClH/c2*20-13-11-19(12-14-21)17-5-3-15(4-6-17)1-2-16-7-9-18-10-8-16;;/h2*1-10,20-21H,11-14H2;2*1H. The molecule has 0 spiro atoms. The molecule has 0 aliphatic rings. The molecule has 0 saturated carbocycles. The van der Waals surface area contributed by atoms with Crippen LogP contribution in [0.1, 0.15) is 22.3 Å². The quantitative estimate of drug-likeness (QED) is 0.116. The summed E-state index contributed by atoms with van der Waals surface area (Å²) in [5.74, 6) is 0. The molecule has 0 aliphatic heterocycles. The van der Waals surface area contributed by atoms with Crippen molar-refractivity contribution < 1.29 is 55.2 Å². The van der Waals surface area contributed by atoms with E-state index in [9.17, 15) is 0 Å². The average Bonchev–Trinajstić information content (AvgIpc) is 3.04. The van der Waals surface area contributed by atoms with E-state index in [-0.39, 0.29) is 51.2 Å². The molecule has 8 nitrogen and oxygen atoms in total. The number of aromatic amines is 2. The second-order valence-electron chi connectivity index (χ2n) is 9.38. The van der Waals surface area contributed by atoms with Gasteiger partial charge in [-0.25, -0.2) is 9.97 Å². The molecule has 44 heavy (non-hydrogen) atoms. The third-order valence-corrected chi connectivity index (χ3v) is 6.42. The summed E-state index contributed by atoms with van der Waals surface area (Å²) in [5.41, 5.74) is 6.51. The maximum Gasteiger partial charge on any atom is 0.167 e. The number of H-pyrrole nitrogens is 2. The van der Waals surface area contributed by atoms with Gasteiger partial charge in [0.25, 0.3) is 0 Å². The van der Waals surface area contributed by atoms with Gasteiger partial charge in [-0.05, 0) is 46.5 Å². The Kier molecular flexibility index (Phi) is 19.8. The Morgan fingerprint density at radius 3 is 0.909 bits per heavy atom. The molecule has 0 unspecified atom stereocenters. The number of aromatic nitrogens is 2. The molecule has 0 aliphatic carbocycles. The Labute approximate surface area is 272 Å². The van der Waals surface area contributed by atoms with Crippen LogP contribution in [0.5, 0.6) is 0 Å². The number of aliphatic hydroxyl groups excluding tert-OH is 4. The number of nitrogens with zero attached hydrogens (tertiary/aromatic N) is 2. The lowest BCUT2D eigenvalue weighted by atomic mass is 10.1. The number of pyridine rings is 2. The molecule has 6 N–H and O–H groups in total. The lowest BCUT2D eigenvalue weighted by Gasteiger charge is -2.22. The molecule has 0 bridgehead atoms. The van der Waals surface area contributed by atoms with Crippen LogP contribution in [0.15, 0.2) is 97.6 Å². The summed E-state index contributed by atoms with van der Waals surface area (Å²) in [7, 11) is 0. The first-order valence-electron chi connectivity index (χ1n) is 14.1. The van der Waals surface area contributed by atoms with Crippen LogP contribution in [0.3, 0.4) is 0 Å². The molecule has 10 heteroatoms. The minimum atomic E-state index is 0. The van der Waals surface area contributed by atoms with Crippen LogP contribution < -0.4 is 44.6 Å². The van der Waals surface area contributed by atoms with E-state index in [1.54, 1.807) is 0 Å². The van der Waals surface area contributed by atoms with Crippen molar-refractivity contribution >= 4 is 35.7 Å². The molecule has 4 rings (SSSR count). The van der Waals surface area contributed by atoms with Crippen LogP contribution in [0.25, 0.3) is 24.3 Å². The number of hydrogen-bond acceptors (Lipinski definition) is 6. The van der Waals surface area contributed by atoms with Gasteiger partial charge in [0, 0.05) is 61.8 Å². The number of benzene rings is 2. The zero-order valence-corrected chi connectivity index (χ0v) is 26.2. The second kappa shape index (κ2) is 22.7. The summed E-state index contributed by atoms with van der Waals surface area (Å²) < 4.78 is 0. The Bertz CT molecular complexity index is 1210. The van der Waals surface area contributed by atoms with Crippen molar-refractivity contribution in [1.29, 1.82) is 0 Å². The highest BCUT2D eigenvalue weighted by Gasteiger charge is 2.05. The summed E-state index contributed by atoms with van der Waals surface area (Å²) in [5, 5.41) is 36.2. The first-order chi connectivity index (χ1) is 20.7. The molecule has 2 heterocycles. The van der Waals surface area contributed by atoms with E-state index in [4.69, 9.17) is 20.4 Å². The number of anilines is 2. The van der Waals surface area contributed by atoms with Crippen LogP contribution in [0.4, 0.5) is 11.4 Å². The van der Waals surface area contributed by atoms with E-state index in [0.717, 1.165) is 33.6 Å². The molecule has 236 valence electrons. The number of nitrogens with one attached hydrogen (secondary N) is 2. The molecule has 0 amide bonds. The van der Waals surface area contributed by atoms with Gasteiger partial charge in [-0.1, -0.05) is 48.6 Å². The molecular formula is C34H42Cl2N4O4. The van der Waals surface area contributed by atoms with Crippen LogP contribution in [-0.4, -0.2) is 73.0 Å². The normalized spacial score (nSPS) is 10.5. The van der Waals surface area contributed by atoms with Gasteiger partial charge >= 0.3 is 0 Å². The van der Waals surface area contributed by atoms with Gasteiger partial charge in [0.2, 0.25) is 0 Å². The largest absolute Gasteiger partial charge is 1.00 e. The maximum absolute atomic E-state index is 9.05. The topological polar surface area (TPSA) is 116 Å². The molecule has 2 aromatic heterocycles. The summed E-state index contributed by atoms with van der Waals surface area (Å²) >= 11 is 0. The Morgan fingerprint density at radius 1 is 0.409 bits per heavy atom. The average molecular weight is 642 g/mol. The SMILES string of the molecule is OCCN(CCO)c1ccc(C=Cc2cc[nH+]cc2)cc1.OCCN(CCO)c1ccc(C=Cc2cc[nH+]cc2)cc1.[Cl-].[Cl-]. The highest BCUT2D eigenvalue weighted by Crippen LogP contribution is 2.17. The predicted octanol–water partition coefficient (Wildman–Crippen LogP) is -3.07. The summed E-state index contributed by atoms with van der Waals surface area (Å²) in [6.45, 7) is 2.40. The van der Waals surface area contributed by atoms with Crippen LogP contribution in [0.2, 0.25) is 0 Å². The highest BCUT2D eigenvalue weighted by atomic mass is 35.5. The smallest absolute Gasteiger partial charge is 0.167 e. The number of rotatable bonds is 14. The fourth-order valence-electron chi connectivity index (χ4n) is 4.22. The fourth-order valence-corrected chi connectivity index (χ4v) is 4.22. The molecule has 0 saturated heterocycles. The summed E-state index contributed by atoms with van der Waals surface area (Å²) in [4.78, 5) is 9.91. The molecule has 0 atom stereocenters. The van der Waals surface area contributed by atoms with Crippen molar-refractivity contribution in [2.75, 3.05) is 62.4 Å². The third kappa shape index (κ3) is 13.7. The van der Waals surface area contributed by atoms with Crippen LogP contribution >= 0.6 is 0 Å². The first kappa shape index (κ1) is 38.3. The van der Waals surface area contributed by atoms with E-state index in [0.29, 0.717) is 26.2 Å². The Balaban J connectivity index is 0.000000421. The van der Waals surface area contributed by atoms with E-state index >= 15 is 0 Å². The number of hydrogen-bond donors (Lipinski definition) is 4. The molecule has 2 aromatic carbocycles. The predicted molar refractivity (Wildman–Crippen MR) is 170 cm³/mol. The highest BCUT2D eigenvalue weighted by molar-refractivity contribution is 5.71. The van der Waals surface area contributed by atoms with Crippen molar-refractivity contribution in [2.24, 2.45) is 0 Å². The zero-order valence-electron chi connectivity index (χ0n) is 24.6. The van der Waals surface area contributed by atoms with E-state index in [1.807, 2.05) is 107 Å². The van der Waals surface area contributed by atoms with Crippen molar-refractivity contribution in [1.82, 2.24) is 0 Å². The van der Waals surface area contributed by atoms with Gasteiger partial charge in [-0.2, -0.15) is 0 Å². The van der Waals surface area contributed by atoms with Crippen LogP contribution in [-0.2, 0) is 0 Å².